The number of piperidine rings is 1. The summed E-state index contributed by atoms with van der Waals surface area (Å²) in [7, 11) is 1.55. The largest absolute Gasteiger partial charge is 0.497 e. The molecule has 1 spiro atoms. The van der Waals surface area contributed by atoms with Crippen LogP contribution in [0.15, 0.2) is 11.8 Å². The van der Waals surface area contributed by atoms with Crippen LogP contribution in [0, 0.1) is 0 Å². The van der Waals surface area contributed by atoms with E-state index >= 15 is 0 Å². The summed E-state index contributed by atoms with van der Waals surface area (Å²) < 4.78 is 10.5. The van der Waals surface area contributed by atoms with E-state index in [1.54, 1.807) is 7.11 Å². The highest BCUT2D eigenvalue weighted by molar-refractivity contribution is 7.81. The molecule has 0 radical (unpaired) electrons. The van der Waals surface area contributed by atoms with E-state index in [1.165, 1.54) is 6.08 Å². The molecule has 2 aliphatic heterocycles. The van der Waals surface area contributed by atoms with Gasteiger partial charge >= 0.3 is 5.97 Å². The molecule has 2 aliphatic rings. The number of carbonyl (C=O) groups is 1. The zero-order chi connectivity index (χ0) is 10.2. The van der Waals surface area contributed by atoms with E-state index in [4.69, 9.17) is 9.47 Å². The molecule has 0 aliphatic carbocycles. The van der Waals surface area contributed by atoms with Gasteiger partial charge in [0, 0.05) is 13.0 Å². The van der Waals surface area contributed by atoms with Gasteiger partial charge < -0.3 is 14.8 Å². The molecule has 2 rings (SSSR count). The van der Waals surface area contributed by atoms with Crippen LogP contribution in [-0.4, -0.2) is 37.0 Å². The van der Waals surface area contributed by atoms with Crippen molar-refractivity contribution < 1.29 is 14.3 Å². The van der Waals surface area contributed by atoms with E-state index in [0.717, 1.165) is 13.1 Å². The van der Waals surface area contributed by atoms with Gasteiger partial charge in [0.1, 0.15) is 5.76 Å². The number of methoxy groups -OCH3 is 1. The van der Waals surface area contributed by atoms with E-state index in [0.29, 0.717) is 12.2 Å². The van der Waals surface area contributed by atoms with Crippen LogP contribution in [0.4, 0.5) is 0 Å². The molecule has 4 nitrogen and oxygen atoms in total. The van der Waals surface area contributed by atoms with Gasteiger partial charge in [0.2, 0.25) is 0 Å². The summed E-state index contributed by atoms with van der Waals surface area (Å²) in [4.78, 5) is 11.2. The lowest BCUT2D eigenvalue weighted by Gasteiger charge is -2.38. The number of ether oxygens (including phenoxy) is 2. The summed E-state index contributed by atoms with van der Waals surface area (Å²) in [6.07, 6.45) is 2.13. The van der Waals surface area contributed by atoms with Gasteiger partial charge in [0.25, 0.3) is 0 Å². The molecule has 1 saturated heterocycles. The quantitative estimate of drug-likeness (QED) is 0.481. The Labute approximate surface area is 88.1 Å². The maximum absolute atomic E-state index is 11.2. The van der Waals surface area contributed by atoms with E-state index in [2.05, 4.69) is 17.9 Å². The van der Waals surface area contributed by atoms with Crippen LogP contribution in [0.5, 0.6) is 0 Å². The summed E-state index contributed by atoms with van der Waals surface area (Å²) in [5.74, 6) is 0.270. The fraction of sp³-hybridized carbons (Fsp3) is 0.667. The number of esters is 1. The smallest absolute Gasteiger partial charge is 0.335 e. The minimum Gasteiger partial charge on any atom is -0.497 e. The second-order valence-corrected chi connectivity index (χ2v) is 4.12. The lowest BCUT2D eigenvalue weighted by atomic mass is 9.90. The predicted molar refractivity (Wildman–Crippen MR) is 54.2 cm³/mol. The summed E-state index contributed by atoms with van der Waals surface area (Å²) in [5, 5.41) is 3.15. The average molecular weight is 215 g/mol. The zero-order valence-corrected chi connectivity index (χ0v) is 8.84. The third kappa shape index (κ3) is 1.31. The number of rotatable bonds is 1. The van der Waals surface area contributed by atoms with Crippen molar-refractivity contribution >= 4 is 18.6 Å². The fourth-order valence-corrected chi connectivity index (χ4v) is 2.41. The van der Waals surface area contributed by atoms with Gasteiger partial charge in [-0.25, -0.2) is 4.79 Å². The maximum atomic E-state index is 11.2. The highest BCUT2D eigenvalue weighted by Gasteiger charge is 2.50. The lowest BCUT2D eigenvalue weighted by Crippen LogP contribution is -2.53. The molecular formula is C9H13NO3S. The summed E-state index contributed by atoms with van der Waals surface area (Å²) in [5.41, 5.74) is -0.639. The fourth-order valence-electron chi connectivity index (χ4n) is 1.97. The molecule has 0 aromatic carbocycles. The van der Waals surface area contributed by atoms with Crippen LogP contribution in [0.1, 0.15) is 6.42 Å². The molecule has 0 bridgehead atoms. The Balaban J connectivity index is 2.30. The SMILES string of the molecule is COC1=CC(=O)OC12CCNCC2S. The Morgan fingerprint density at radius 2 is 2.57 bits per heavy atom. The van der Waals surface area contributed by atoms with Crippen LogP contribution in [-0.2, 0) is 14.3 Å². The average Bonchev–Trinajstić information content (AvgIpc) is 2.49. The first-order chi connectivity index (χ1) is 6.69. The molecule has 2 heterocycles. The first-order valence-corrected chi connectivity index (χ1v) is 5.08. The summed E-state index contributed by atoms with van der Waals surface area (Å²) in [6.45, 7) is 1.53. The van der Waals surface area contributed by atoms with Crippen LogP contribution < -0.4 is 5.32 Å². The second-order valence-electron chi connectivity index (χ2n) is 3.49. The van der Waals surface area contributed by atoms with E-state index < -0.39 is 5.60 Å². The van der Waals surface area contributed by atoms with Gasteiger partial charge in [-0.3, -0.25) is 0 Å². The monoisotopic (exact) mass is 215 g/mol. The van der Waals surface area contributed by atoms with Gasteiger partial charge in [-0.2, -0.15) is 12.6 Å². The molecule has 5 heteroatoms. The van der Waals surface area contributed by atoms with E-state index in [1.807, 2.05) is 0 Å². The standard InChI is InChI=1S/C9H13NO3S/c1-12-6-4-8(11)13-9(6)2-3-10-5-7(9)14/h4,7,10,14H,2-3,5H2,1H3. The van der Waals surface area contributed by atoms with Crippen LogP contribution in [0.25, 0.3) is 0 Å². The molecule has 78 valence electrons. The number of carbonyl (C=O) groups excluding carboxylic acids is 1. The molecule has 2 atom stereocenters. The predicted octanol–water partition coefficient (Wildman–Crippen LogP) is 0.104. The van der Waals surface area contributed by atoms with Crippen LogP contribution in [0.3, 0.4) is 0 Å². The first kappa shape index (κ1) is 9.86. The van der Waals surface area contributed by atoms with Gasteiger partial charge in [0.05, 0.1) is 18.4 Å². The first-order valence-electron chi connectivity index (χ1n) is 4.57. The molecule has 2 unspecified atom stereocenters. The highest BCUT2D eigenvalue weighted by atomic mass is 32.1. The molecule has 0 aromatic heterocycles. The Kier molecular flexibility index (Phi) is 2.45. The van der Waals surface area contributed by atoms with E-state index in [9.17, 15) is 4.79 Å². The van der Waals surface area contributed by atoms with Crippen molar-refractivity contribution in [3.63, 3.8) is 0 Å². The second kappa shape index (κ2) is 3.47. The molecule has 1 N–H and O–H groups in total. The van der Waals surface area contributed by atoms with Crippen molar-refractivity contribution in [1.29, 1.82) is 0 Å². The highest BCUT2D eigenvalue weighted by Crippen LogP contribution is 2.38. The summed E-state index contributed by atoms with van der Waals surface area (Å²) >= 11 is 4.44. The minimum absolute atomic E-state index is 0.0473. The van der Waals surface area contributed by atoms with Crippen LogP contribution >= 0.6 is 12.6 Å². The van der Waals surface area contributed by atoms with Crippen molar-refractivity contribution in [2.75, 3.05) is 20.2 Å². The maximum Gasteiger partial charge on any atom is 0.335 e. The third-order valence-corrected chi connectivity index (χ3v) is 3.32. The van der Waals surface area contributed by atoms with Crippen molar-refractivity contribution in [3.05, 3.63) is 11.8 Å². The molecule has 14 heavy (non-hydrogen) atoms. The number of hydrogen-bond acceptors (Lipinski definition) is 5. The number of hydrogen-bond donors (Lipinski definition) is 2. The van der Waals surface area contributed by atoms with Gasteiger partial charge in [0.15, 0.2) is 5.60 Å². The van der Waals surface area contributed by atoms with Crippen molar-refractivity contribution in [1.82, 2.24) is 5.32 Å². The van der Waals surface area contributed by atoms with Gasteiger partial charge in [-0.1, -0.05) is 0 Å². The van der Waals surface area contributed by atoms with Crippen LogP contribution in [0.2, 0.25) is 0 Å². The van der Waals surface area contributed by atoms with E-state index in [-0.39, 0.29) is 11.2 Å². The topological polar surface area (TPSA) is 47.6 Å². The minimum atomic E-state index is -0.639. The third-order valence-electron chi connectivity index (χ3n) is 2.72. The Morgan fingerprint density at radius 1 is 1.79 bits per heavy atom. The molecular weight excluding hydrogens is 202 g/mol. The van der Waals surface area contributed by atoms with Crippen molar-refractivity contribution in [2.24, 2.45) is 0 Å². The Hall–Kier alpha value is -0.680. The Bertz CT molecular complexity index is 292. The Morgan fingerprint density at radius 3 is 3.21 bits per heavy atom. The molecule has 0 saturated carbocycles. The van der Waals surface area contributed by atoms with Gasteiger partial charge in [-0.05, 0) is 6.54 Å². The zero-order valence-electron chi connectivity index (χ0n) is 7.95. The summed E-state index contributed by atoms with van der Waals surface area (Å²) in [6, 6.07) is 0. The lowest BCUT2D eigenvalue weighted by molar-refractivity contribution is -0.149. The molecule has 0 aromatic rings. The normalized spacial score (nSPS) is 36.9. The van der Waals surface area contributed by atoms with Crippen molar-refractivity contribution in [3.8, 4) is 0 Å². The molecule has 1 fully saturated rings. The number of thiol groups is 1. The molecule has 0 amide bonds. The van der Waals surface area contributed by atoms with Crippen molar-refractivity contribution in [2.45, 2.75) is 17.3 Å². The number of nitrogens with one attached hydrogen (secondary N) is 1. The van der Waals surface area contributed by atoms with Gasteiger partial charge in [-0.15, -0.1) is 0 Å².